The molecule has 3 atom stereocenters. The van der Waals surface area contributed by atoms with Gasteiger partial charge in [0.25, 0.3) is 0 Å². The fourth-order valence-electron chi connectivity index (χ4n) is 2.82. The lowest BCUT2D eigenvalue weighted by atomic mass is 10.1. The van der Waals surface area contributed by atoms with E-state index in [9.17, 15) is 9.59 Å². The summed E-state index contributed by atoms with van der Waals surface area (Å²) in [5.41, 5.74) is 0. The molecule has 0 spiro atoms. The average molecular weight is 293 g/mol. The zero-order valence-electron chi connectivity index (χ0n) is 11.9. The van der Waals surface area contributed by atoms with Gasteiger partial charge in [0.1, 0.15) is 17.6 Å². The highest BCUT2D eigenvalue weighted by Crippen LogP contribution is 2.42. The number of hydrogen-bond donors (Lipinski definition) is 1. The quantitative estimate of drug-likeness (QED) is 0.909. The molecule has 1 aromatic heterocycles. The van der Waals surface area contributed by atoms with Crippen molar-refractivity contribution < 1.29 is 23.8 Å². The van der Waals surface area contributed by atoms with Gasteiger partial charge in [-0.15, -0.1) is 0 Å². The molecule has 0 bridgehead atoms. The first-order valence-corrected chi connectivity index (χ1v) is 7.31. The van der Waals surface area contributed by atoms with E-state index in [0.717, 1.165) is 12.2 Å². The molecule has 6 nitrogen and oxygen atoms in total. The molecule has 6 heteroatoms. The van der Waals surface area contributed by atoms with Crippen molar-refractivity contribution in [2.45, 2.75) is 25.8 Å². The third kappa shape index (κ3) is 2.68. The fourth-order valence-corrected chi connectivity index (χ4v) is 2.82. The number of morpholine rings is 1. The lowest BCUT2D eigenvalue weighted by molar-refractivity contribution is -0.146. The van der Waals surface area contributed by atoms with Crippen LogP contribution in [-0.4, -0.2) is 41.6 Å². The Balaban J connectivity index is 1.75. The summed E-state index contributed by atoms with van der Waals surface area (Å²) in [6.07, 6.45) is 1.24. The molecule has 2 heterocycles. The number of rotatable bonds is 4. The lowest BCUT2D eigenvalue weighted by Gasteiger charge is -2.34. The second-order valence-electron chi connectivity index (χ2n) is 5.57. The molecule has 114 valence electrons. The van der Waals surface area contributed by atoms with Gasteiger partial charge in [0.15, 0.2) is 0 Å². The minimum absolute atomic E-state index is 0.0925. The van der Waals surface area contributed by atoms with Crippen LogP contribution in [0.5, 0.6) is 0 Å². The fraction of sp³-hybridized carbons (Fsp3) is 0.600. The lowest BCUT2D eigenvalue weighted by Crippen LogP contribution is -2.44. The third-order valence-electron chi connectivity index (χ3n) is 4.20. The second kappa shape index (κ2) is 5.52. The maximum Gasteiger partial charge on any atom is 0.307 e. The minimum Gasteiger partial charge on any atom is -0.481 e. The Morgan fingerprint density at radius 3 is 2.81 bits per heavy atom. The van der Waals surface area contributed by atoms with Crippen LogP contribution < -0.4 is 0 Å². The first kappa shape index (κ1) is 14.1. The Hall–Kier alpha value is -1.82. The van der Waals surface area contributed by atoms with Gasteiger partial charge in [-0.25, -0.2) is 0 Å². The predicted molar refractivity (Wildman–Crippen MR) is 72.6 cm³/mol. The molecular formula is C15H19NO5. The van der Waals surface area contributed by atoms with E-state index in [4.69, 9.17) is 14.3 Å². The van der Waals surface area contributed by atoms with Gasteiger partial charge < -0.3 is 19.2 Å². The molecule has 1 aliphatic heterocycles. The molecule has 1 amide bonds. The number of aliphatic carboxylic acids is 1. The van der Waals surface area contributed by atoms with E-state index in [1.807, 2.05) is 19.1 Å². The second-order valence-corrected chi connectivity index (χ2v) is 5.57. The number of amides is 1. The van der Waals surface area contributed by atoms with Crippen molar-refractivity contribution in [3.8, 4) is 0 Å². The van der Waals surface area contributed by atoms with Crippen molar-refractivity contribution in [1.82, 2.24) is 4.90 Å². The van der Waals surface area contributed by atoms with Crippen LogP contribution >= 0.6 is 0 Å². The van der Waals surface area contributed by atoms with Crippen LogP contribution in [0.2, 0.25) is 0 Å². The number of hydrogen-bond acceptors (Lipinski definition) is 4. The van der Waals surface area contributed by atoms with E-state index in [0.29, 0.717) is 31.9 Å². The smallest absolute Gasteiger partial charge is 0.307 e. The number of carboxylic acid groups (broad SMARTS) is 1. The van der Waals surface area contributed by atoms with Gasteiger partial charge in [-0.3, -0.25) is 9.59 Å². The van der Waals surface area contributed by atoms with E-state index in [1.165, 1.54) is 0 Å². The molecular weight excluding hydrogens is 274 g/mol. The molecule has 1 saturated heterocycles. The highest BCUT2D eigenvalue weighted by Gasteiger charge is 2.51. The van der Waals surface area contributed by atoms with E-state index in [1.54, 1.807) is 4.90 Å². The number of furan rings is 1. The van der Waals surface area contributed by atoms with E-state index < -0.39 is 11.9 Å². The first-order valence-electron chi connectivity index (χ1n) is 7.31. The number of aryl methyl sites for hydroxylation is 1. The number of ether oxygens (including phenoxy) is 1. The average Bonchev–Trinajstić information content (AvgIpc) is 3.17. The Bertz CT molecular complexity index is 552. The van der Waals surface area contributed by atoms with Crippen molar-refractivity contribution in [3.63, 3.8) is 0 Å². The molecule has 0 unspecified atom stereocenters. The maximum absolute atomic E-state index is 12.5. The van der Waals surface area contributed by atoms with Gasteiger partial charge in [0.2, 0.25) is 5.91 Å². The van der Waals surface area contributed by atoms with Crippen LogP contribution in [-0.2, 0) is 20.7 Å². The molecule has 1 aliphatic carbocycles. The third-order valence-corrected chi connectivity index (χ3v) is 4.20. The Morgan fingerprint density at radius 1 is 1.38 bits per heavy atom. The predicted octanol–water partition coefficient (Wildman–Crippen LogP) is 1.46. The zero-order valence-corrected chi connectivity index (χ0v) is 11.9. The maximum atomic E-state index is 12.5. The van der Waals surface area contributed by atoms with Crippen molar-refractivity contribution in [3.05, 3.63) is 23.7 Å². The highest BCUT2D eigenvalue weighted by atomic mass is 16.5. The molecule has 21 heavy (non-hydrogen) atoms. The summed E-state index contributed by atoms with van der Waals surface area (Å²) in [5.74, 6) is -0.299. The van der Waals surface area contributed by atoms with E-state index in [2.05, 4.69) is 0 Å². The Kier molecular flexibility index (Phi) is 3.71. The van der Waals surface area contributed by atoms with E-state index in [-0.39, 0.29) is 17.9 Å². The van der Waals surface area contributed by atoms with Crippen LogP contribution in [0.4, 0.5) is 0 Å². The van der Waals surface area contributed by atoms with Gasteiger partial charge >= 0.3 is 5.97 Å². The molecule has 2 fully saturated rings. The van der Waals surface area contributed by atoms with Crippen LogP contribution in [0, 0.1) is 11.8 Å². The van der Waals surface area contributed by atoms with Crippen molar-refractivity contribution in [1.29, 1.82) is 0 Å². The van der Waals surface area contributed by atoms with Gasteiger partial charge in [0, 0.05) is 13.0 Å². The van der Waals surface area contributed by atoms with Crippen molar-refractivity contribution >= 4 is 11.9 Å². The summed E-state index contributed by atoms with van der Waals surface area (Å²) < 4.78 is 11.2. The summed E-state index contributed by atoms with van der Waals surface area (Å²) >= 11 is 0. The Labute approximate surface area is 122 Å². The number of carbonyl (C=O) groups is 2. The zero-order chi connectivity index (χ0) is 15.0. The minimum atomic E-state index is -0.885. The molecule has 0 radical (unpaired) electrons. The Morgan fingerprint density at radius 2 is 2.19 bits per heavy atom. The number of carbonyl (C=O) groups excluding carboxylic acids is 1. The van der Waals surface area contributed by atoms with Gasteiger partial charge in [0.05, 0.1) is 25.0 Å². The van der Waals surface area contributed by atoms with Gasteiger partial charge in [-0.1, -0.05) is 6.92 Å². The summed E-state index contributed by atoms with van der Waals surface area (Å²) in [5, 5.41) is 8.98. The summed E-state index contributed by atoms with van der Waals surface area (Å²) in [6.45, 7) is 3.36. The van der Waals surface area contributed by atoms with Crippen molar-refractivity contribution in [2.75, 3.05) is 19.8 Å². The standard InChI is InChI=1S/C15H19NO5/c1-2-9-3-4-13(21-9)12-8-20-6-5-16(12)14(17)10-7-11(10)15(18)19/h3-4,10-12H,2,5-8H2,1H3,(H,18,19)/t10-,11-,12-/m0/s1. The highest BCUT2D eigenvalue weighted by molar-refractivity contribution is 5.89. The van der Waals surface area contributed by atoms with Crippen LogP contribution in [0.3, 0.4) is 0 Å². The van der Waals surface area contributed by atoms with Crippen molar-refractivity contribution in [2.24, 2.45) is 11.8 Å². The number of carboxylic acids is 1. The van der Waals surface area contributed by atoms with Gasteiger partial charge in [-0.05, 0) is 18.6 Å². The molecule has 1 aromatic rings. The molecule has 1 saturated carbocycles. The molecule has 2 aliphatic rings. The van der Waals surface area contributed by atoms with Crippen LogP contribution in [0.1, 0.15) is 30.9 Å². The largest absolute Gasteiger partial charge is 0.481 e. The molecule has 1 N–H and O–H groups in total. The molecule has 3 rings (SSSR count). The van der Waals surface area contributed by atoms with Gasteiger partial charge in [-0.2, -0.15) is 0 Å². The first-order chi connectivity index (χ1) is 10.1. The number of nitrogens with zero attached hydrogens (tertiary/aromatic N) is 1. The van der Waals surface area contributed by atoms with Crippen LogP contribution in [0.25, 0.3) is 0 Å². The topological polar surface area (TPSA) is 80.0 Å². The normalized spacial score (nSPS) is 28.4. The molecule has 0 aromatic carbocycles. The van der Waals surface area contributed by atoms with Crippen LogP contribution in [0.15, 0.2) is 16.5 Å². The monoisotopic (exact) mass is 293 g/mol. The summed E-state index contributed by atoms with van der Waals surface area (Å²) in [7, 11) is 0. The van der Waals surface area contributed by atoms with E-state index >= 15 is 0 Å². The SMILES string of the molecule is CCc1ccc([C@@H]2COCCN2C(=O)[C@H]2C[C@@H]2C(=O)O)o1. The summed E-state index contributed by atoms with van der Waals surface area (Å²) in [6, 6.07) is 3.53. The summed E-state index contributed by atoms with van der Waals surface area (Å²) in [4.78, 5) is 25.2.